The number of benzene rings is 1. The van der Waals surface area contributed by atoms with E-state index >= 15 is 0 Å². The second-order valence-electron chi connectivity index (χ2n) is 4.36. The quantitative estimate of drug-likeness (QED) is 0.879. The maximum Gasteiger partial charge on any atom is 0.416 e. The van der Waals surface area contributed by atoms with E-state index in [4.69, 9.17) is 11.6 Å². The van der Waals surface area contributed by atoms with Crippen molar-refractivity contribution in [2.75, 3.05) is 11.9 Å². The molecule has 0 saturated carbocycles. The normalized spacial score (nSPS) is 20.0. The van der Waals surface area contributed by atoms with E-state index in [0.717, 1.165) is 18.6 Å². The predicted molar refractivity (Wildman–Crippen MR) is 66.1 cm³/mol. The van der Waals surface area contributed by atoms with Gasteiger partial charge in [-0.25, -0.2) is 0 Å². The first-order valence-corrected chi connectivity index (χ1v) is 6.16. The van der Waals surface area contributed by atoms with Crippen LogP contribution in [0.25, 0.3) is 0 Å². The van der Waals surface area contributed by atoms with Crippen molar-refractivity contribution >= 4 is 23.2 Å². The molecule has 19 heavy (non-hydrogen) atoms. The number of rotatable bonds is 2. The SMILES string of the molecule is O=C1NCCCC1Nc1cc(Cl)cc(C(F)(F)F)c1. The average Bonchev–Trinajstić information content (AvgIpc) is 2.30. The number of amides is 1. The van der Waals surface area contributed by atoms with Gasteiger partial charge in [0.1, 0.15) is 6.04 Å². The number of carbonyl (C=O) groups is 1. The highest BCUT2D eigenvalue weighted by atomic mass is 35.5. The van der Waals surface area contributed by atoms with Crippen molar-refractivity contribution in [2.24, 2.45) is 0 Å². The Morgan fingerprint density at radius 1 is 1.32 bits per heavy atom. The topological polar surface area (TPSA) is 41.1 Å². The molecule has 0 bridgehead atoms. The third-order valence-corrected chi connectivity index (χ3v) is 3.07. The fourth-order valence-electron chi connectivity index (χ4n) is 1.95. The summed E-state index contributed by atoms with van der Waals surface area (Å²) < 4.78 is 37.9. The molecular formula is C12H12ClF3N2O. The Bertz CT molecular complexity index is 490. The van der Waals surface area contributed by atoms with Gasteiger partial charge in [0.05, 0.1) is 5.56 Å². The summed E-state index contributed by atoms with van der Waals surface area (Å²) in [4.78, 5) is 11.5. The van der Waals surface area contributed by atoms with Gasteiger partial charge in [0.2, 0.25) is 5.91 Å². The first-order chi connectivity index (χ1) is 8.86. The molecule has 0 aliphatic carbocycles. The molecule has 7 heteroatoms. The second-order valence-corrected chi connectivity index (χ2v) is 4.79. The second kappa shape index (κ2) is 5.28. The van der Waals surface area contributed by atoms with Crippen molar-refractivity contribution in [3.05, 3.63) is 28.8 Å². The fourth-order valence-corrected chi connectivity index (χ4v) is 2.18. The highest BCUT2D eigenvalue weighted by Crippen LogP contribution is 2.33. The van der Waals surface area contributed by atoms with Crippen molar-refractivity contribution in [3.63, 3.8) is 0 Å². The Balaban J connectivity index is 2.20. The lowest BCUT2D eigenvalue weighted by Gasteiger charge is -2.24. The number of alkyl halides is 3. The summed E-state index contributed by atoms with van der Waals surface area (Å²) in [5.74, 6) is -0.209. The lowest BCUT2D eigenvalue weighted by molar-refractivity contribution is -0.137. The molecule has 2 rings (SSSR count). The van der Waals surface area contributed by atoms with E-state index in [0.29, 0.717) is 13.0 Å². The van der Waals surface area contributed by atoms with Crippen molar-refractivity contribution < 1.29 is 18.0 Å². The van der Waals surface area contributed by atoms with E-state index in [1.807, 2.05) is 0 Å². The van der Waals surface area contributed by atoms with Gasteiger partial charge in [-0.1, -0.05) is 11.6 Å². The molecule has 1 aromatic rings. The zero-order valence-corrected chi connectivity index (χ0v) is 10.6. The van der Waals surface area contributed by atoms with E-state index in [1.54, 1.807) is 0 Å². The van der Waals surface area contributed by atoms with Crippen LogP contribution in [0.15, 0.2) is 18.2 Å². The first-order valence-electron chi connectivity index (χ1n) is 5.78. The van der Waals surface area contributed by atoms with Crippen molar-refractivity contribution in [3.8, 4) is 0 Å². The molecule has 1 heterocycles. The molecular weight excluding hydrogens is 281 g/mol. The number of hydrogen-bond donors (Lipinski definition) is 2. The molecule has 1 aromatic carbocycles. The highest BCUT2D eigenvalue weighted by Gasteiger charge is 2.31. The zero-order valence-electron chi connectivity index (χ0n) is 9.85. The Morgan fingerprint density at radius 2 is 2.05 bits per heavy atom. The van der Waals surface area contributed by atoms with Gasteiger partial charge in [-0.05, 0) is 31.0 Å². The Morgan fingerprint density at radius 3 is 2.68 bits per heavy atom. The maximum absolute atomic E-state index is 12.6. The number of halogens is 4. The van der Waals surface area contributed by atoms with Gasteiger partial charge in [0.15, 0.2) is 0 Å². The lowest BCUT2D eigenvalue weighted by atomic mass is 10.1. The van der Waals surface area contributed by atoms with Crippen LogP contribution in [0.1, 0.15) is 18.4 Å². The van der Waals surface area contributed by atoms with Crippen LogP contribution in [0.5, 0.6) is 0 Å². The summed E-state index contributed by atoms with van der Waals surface area (Å²) in [6.07, 6.45) is -3.09. The molecule has 1 amide bonds. The largest absolute Gasteiger partial charge is 0.416 e. The van der Waals surface area contributed by atoms with Crippen molar-refractivity contribution in [1.82, 2.24) is 5.32 Å². The fraction of sp³-hybridized carbons (Fsp3) is 0.417. The van der Waals surface area contributed by atoms with Crippen LogP contribution in [-0.4, -0.2) is 18.5 Å². The molecule has 1 aliphatic heterocycles. The molecule has 0 spiro atoms. The minimum absolute atomic E-state index is 0.0199. The van der Waals surface area contributed by atoms with Gasteiger partial charge in [0, 0.05) is 17.3 Å². The van der Waals surface area contributed by atoms with Crippen LogP contribution in [0.2, 0.25) is 5.02 Å². The molecule has 1 unspecified atom stereocenters. The van der Waals surface area contributed by atoms with Crippen molar-refractivity contribution in [2.45, 2.75) is 25.1 Å². The minimum atomic E-state index is -4.46. The number of anilines is 1. The summed E-state index contributed by atoms with van der Waals surface area (Å²) in [5.41, 5.74) is -0.638. The predicted octanol–water partition coefficient (Wildman–Crippen LogP) is 3.05. The standard InChI is InChI=1S/C12H12ClF3N2O/c13-8-4-7(12(14,15)16)5-9(6-8)18-10-2-1-3-17-11(10)19/h4-6,10,18H,1-3H2,(H,17,19). The molecule has 0 aromatic heterocycles. The number of piperidine rings is 1. The lowest BCUT2D eigenvalue weighted by Crippen LogP contribution is -2.44. The average molecular weight is 293 g/mol. The van der Waals surface area contributed by atoms with Gasteiger partial charge in [-0.3, -0.25) is 4.79 Å². The zero-order chi connectivity index (χ0) is 14.0. The first kappa shape index (κ1) is 14.0. The molecule has 1 atom stereocenters. The van der Waals surface area contributed by atoms with Gasteiger partial charge >= 0.3 is 6.18 Å². The summed E-state index contributed by atoms with van der Waals surface area (Å²) in [6.45, 7) is 0.598. The van der Waals surface area contributed by atoms with E-state index in [1.165, 1.54) is 6.07 Å². The molecule has 2 N–H and O–H groups in total. The molecule has 3 nitrogen and oxygen atoms in total. The molecule has 1 fully saturated rings. The molecule has 1 aliphatic rings. The van der Waals surface area contributed by atoms with E-state index in [9.17, 15) is 18.0 Å². The molecule has 104 valence electrons. The van der Waals surface area contributed by atoms with Crippen molar-refractivity contribution in [1.29, 1.82) is 0 Å². The van der Waals surface area contributed by atoms with Crippen LogP contribution < -0.4 is 10.6 Å². The van der Waals surface area contributed by atoms with Gasteiger partial charge in [-0.15, -0.1) is 0 Å². The number of nitrogens with one attached hydrogen (secondary N) is 2. The summed E-state index contributed by atoms with van der Waals surface area (Å²) in [6, 6.07) is 2.66. The third-order valence-electron chi connectivity index (χ3n) is 2.85. The maximum atomic E-state index is 12.6. The molecule has 1 saturated heterocycles. The smallest absolute Gasteiger partial charge is 0.374 e. The van der Waals surface area contributed by atoms with E-state index in [2.05, 4.69) is 10.6 Å². The monoisotopic (exact) mass is 292 g/mol. The minimum Gasteiger partial charge on any atom is -0.374 e. The Labute approximate surface area is 113 Å². The van der Waals surface area contributed by atoms with Crippen LogP contribution in [0.3, 0.4) is 0 Å². The van der Waals surface area contributed by atoms with Gasteiger partial charge in [-0.2, -0.15) is 13.2 Å². The van der Waals surface area contributed by atoms with Crippen LogP contribution in [-0.2, 0) is 11.0 Å². The van der Waals surface area contributed by atoms with Crippen LogP contribution in [0, 0.1) is 0 Å². The number of hydrogen-bond acceptors (Lipinski definition) is 2. The Hall–Kier alpha value is -1.43. The van der Waals surface area contributed by atoms with E-state index in [-0.39, 0.29) is 16.6 Å². The van der Waals surface area contributed by atoms with Crippen LogP contribution >= 0.6 is 11.6 Å². The van der Waals surface area contributed by atoms with Gasteiger partial charge in [0.25, 0.3) is 0 Å². The highest BCUT2D eigenvalue weighted by molar-refractivity contribution is 6.31. The molecule has 0 radical (unpaired) electrons. The Kier molecular flexibility index (Phi) is 3.89. The third kappa shape index (κ3) is 3.53. The summed E-state index contributed by atoms with van der Waals surface area (Å²) in [5, 5.41) is 5.42. The summed E-state index contributed by atoms with van der Waals surface area (Å²) >= 11 is 5.67. The van der Waals surface area contributed by atoms with Crippen LogP contribution in [0.4, 0.5) is 18.9 Å². The number of carbonyl (C=O) groups excluding carboxylic acids is 1. The van der Waals surface area contributed by atoms with E-state index < -0.39 is 17.8 Å². The van der Waals surface area contributed by atoms with Gasteiger partial charge < -0.3 is 10.6 Å². The summed E-state index contributed by atoms with van der Waals surface area (Å²) in [7, 11) is 0.